The highest BCUT2D eigenvalue weighted by Gasteiger charge is 2.53. The molecule has 1 aromatic rings. The minimum atomic E-state index is -3.49. The SMILES string of the molecule is CCCC/C(B1OC(C)(C)C(C)(C)O1)=C1/CCN(S(=O)(=O)c2ccc(C)cc2)C1. The molecule has 2 aliphatic rings. The molecule has 1 aromatic carbocycles. The molecule has 0 amide bonds. The third kappa shape index (κ3) is 4.48. The molecule has 0 aromatic heterocycles. The second kappa shape index (κ2) is 8.18. The van der Waals surface area contributed by atoms with Crippen LogP contribution in [0.25, 0.3) is 0 Å². The van der Waals surface area contributed by atoms with Gasteiger partial charge in [-0.1, -0.05) is 43.0 Å². The molecule has 0 N–H and O–H groups in total. The van der Waals surface area contributed by atoms with Gasteiger partial charge < -0.3 is 9.31 Å². The summed E-state index contributed by atoms with van der Waals surface area (Å²) < 4.78 is 40.4. The van der Waals surface area contributed by atoms with Gasteiger partial charge in [0, 0.05) is 13.1 Å². The maximum Gasteiger partial charge on any atom is 0.490 e. The lowest BCUT2D eigenvalue weighted by atomic mass is 9.72. The van der Waals surface area contributed by atoms with Crippen LogP contribution >= 0.6 is 0 Å². The normalized spacial score (nSPS) is 23.6. The minimum Gasteiger partial charge on any atom is -0.400 e. The summed E-state index contributed by atoms with van der Waals surface area (Å²) in [5.41, 5.74) is 2.53. The fourth-order valence-corrected chi connectivity index (χ4v) is 5.21. The molecule has 5 nitrogen and oxygen atoms in total. The molecule has 29 heavy (non-hydrogen) atoms. The Morgan fingerprint density at radius 2 is 1.69 bits per heavy atom. The van der Waals surface area contributed by atoms with Crippen molar-refractivity contribution in [1.82, 2.24) is 4.31 Å². The Morgan fingerprint density at radius 3 is 2.24 bits per heavy atom. The molecule has 0 saturated carbocycles. The molecule has 2 saturated heterocycles. The van der Waals surface area contributed by atoms with Gasteiger partial charge in [0.05, 0.1) is 16.1 Å². The highest BCUT2D eigenvalue weighted by molar-refractivity contribution is 7.89. The van der Waals surface area contributed by atoms with E-state index in [0.29, 0.717) is 18.0 Å². The van der Waals surface area contributed by atoms with Crippen LogP contribution in [0.15, 0.2) is 40.2 Å². The van der Waals surface area contributed by atoms with E-state index in [1.54, 1.807) is 16.4 Å². The van der Waals surface area contributed by atoms with Crippen LogP contribution < -0.4 is 0 Å². The smallest absolute Gasteiger partial charge is 0.400 e. The van der Waals surface area contributed by atoms with E-state index >= 15 is 0 Å². The summed E-state index contributed by atoms with van der Waals surface area (Å²) in [5.74, 6) is 0. The van der Waals surface area contributed by atoms with E-state index in [1.165, 1.54) is 0 Å². The summed E-state index contributed by atoms with van der Waals surface area (Å²) in [7, 11) is -3.89. The van der Waals surface area contributed by atoms with Crippen molar-refractivity contribution in [1.29, 1.82) is 0 Å². The summed E-state index contributed by atoms with van der Waals surface area (Å²) >= 11 is 0. The topological polar surface area (TPSA) is 55.8 Å². The van der Waals surface area contributed by atoms with Gasteiger partial charge in [-0.15, -0.1) is 0 Å². The van der Waals surface area contributed by atoms with Crippen molar-refractivity contribution in [2.45, 2.75) is 83.3 Å². The van der Waals surface area contributed by atoms with Crippen LogP contribution in [0, 0.1) is 6.92 Å². The Hall–Kier alpha value is -1.15. The summed E-state index contributed by atoms with van der Waals surface area (Å²) in [5, 5.41) is 0. The molecule has 0 bridgehead atoms. The van der Waals surface area contributed by atoms with E-state index in [9.17, 15) is 8.42 Å². The molecular weight excluding hydrogens is 385 g/mol. The fourth-order valence-electron chi connectivity index (χ4n) is 3.77. The summed E-state index contributed by atoms with van der Waals surface area (Å²) in [6.45, 7) is 13.2. The Labute approximate surface area is 176 Å². The van der Waals surface area contributed by atoms with Crippen molar-refractivity contribution in [3.05, 3.63) is 40.9 Å². The van der Waals surface area contributed by atoms with Gasteiger partial charge in [0.2, 0.25) is 10.0 Å². The van der Waals surface area contributed by atoms with Crippen LogP contribution in [0.2, 0.25) is 0 Å². The number of nitrogens with zero attached hydrogens (tertiary/aromatic N) is 1. The molecule has 2 aliphatic heterocycles. The summed E-state index contributed by atoms with van der Waals surface area (Å²) in [6.07, 6.45) is 3.71. The third-order valence-corrected chi connectivity index (χ3v) is 8.34. The number of rotatable bonds is 6. The number of aryl methyl sites for hydroxylation is 1. The molecule has 0 aliphatic carbocycles. The average molecular weight is 419 g/mol. The summed E-state index contributed by atoms with van der Waals surface area (Å²) in [6, 6.07) is 7.07. The average Bonchev–Trinajstić information content (AvgIpc) is 3.19. The Morgan fingerprint density at radius 1 is 1.10 bits per heavy atom. The number of benzene rings is 1. The van der Waals surface area contributed by atoms with Gasteiger partial charge in [-0.05, 0) is 65.1 Å². The second-order valence-corrected chi connectivity index (χ2v) is 11.2. The van der Waals surface area contributed by atoms with Crippen molar-refractivity contribution >= 4 is 17.1 Å². The van der Waals surface area contributed by atoms with Gasteiger partial charge >= 0.3 is 7.12 Å². The van der Waals surface area contributed by atoms with Gasteiger partial charge in [-0.2, -0.15) is 4.31 Å². The van der Waals surface area contributed by atoms with E-state index < -0.39 is 28.3 Å². The van der Waals surface area contributed by atoms with E-state index in [-0.39, 0.29) is 0 Å². The van der Waals surface area contributed by atoms with Gasteiger partial charge in [-0.3, -0.25) is 0 Å². The zero-order valence-electron chi connectivity index (χ0n) is 18.6. The van der Waals surface area contributed by atoms with Crippen LogP contribution in [-0.2, 0) is 19.3 Å². The van der Waals surface area contributed by atoms with E-state index in [0.717, 1.165) is 42.3 Å². The van der Waals surface area contributed by atoms with Gasteiger partial charge in [-0.25, -0.2) is 8.42 Å². The van der Waals surface area contributed by atoms with Crippen LogP contribution in [0.4, 0.5) is 0 Å². The lowest BCUT2D eigenvalue weighted by Crippen LogP contribution is -2.41. The molecule has 2 fully saturated rings. The lowest BCUT2D eigenvalue weighted by Gasteiger charge is -2.32. The van der Waals surface area contributed by atoms with Crippen molar-refractivity contribution in [3.8, 4) is 0 Å². The van der Waals surface area contributed by atoms with Crippen molar-refractivity contribution < 1.29 is 17.7 Å². The first-order chi connectivity index (χ1) is 13.5. The van der Waals surface area contributed by atoms with Crippen LogP contribution in [0.3, 0.4) is 0 Å². The lowest BCUT2D eigenvalue weighted by molar-refractivity contribution is 0.00578. The zero-order valence-corrected chi connectivity index (χ0v) is 19.4. The quantitative estimate of drug-likeness (QED) is 0.637. The third-order valence-electron chi connectivity index (χ3n) is 6.48. The number of unbranched alkanes of at least 4 members (excludes halogenated alkanes) is 1. The molecule has 0 spiro atoms. The first-order valence-corrected chi connectivity index (χ1v) is 12.1. The first kappa shape index (κ1) is 22.5. The van der Waals surface area contributed by atoms with Crippen molar-refractivity contribution in [2.24, 2.45) is 0 Å². The molecule has 2 heterocycles. The number of sulfonamides is 1. The maximum atomic E-state index is 13.1. The monoisotopic (exact) mass is 419 g/mol. The predicted octanol–water partition coefficient (Wildman–Crippen LogP) is 4.51. The van der Waals surface area contributed by atoms with E-state index in [4.69, 9.17) is 9.31 Å². The standard InChI is InChI=1S/C22H34BNO4S/c1-7-8-9-20(23-27-21(3,4)22(5,6)28-23)18-14-15-24(16-18)29(25,26)19-12-10-17(2)11-13-19/h10-13H,7-9,14-16H2,1-6H3/b20-18+. The largest absolute Gasteiger partial charge is 0.490 e. The molecule has 0 unspecified atom stereocenters. The fraction of sp³-hybridized carbons (Fsp3) is 0.636. The molecule has 7 heteroatoms. The van der Waals surface area contributed by atoms with Crippen LogP contribution in [0.1, 0.15) is 65.9 Å². The van der Waals surface area contributed by atoms with Crippen molar-refractivity contribution in [3.63, 3.8) is 0 Å². The number of hydrogen-bond donors (Lipinski definition) is 0. The van der Waals surface area contributed by atoms with Gasteiger partial charge in [0.1, 0.15) is 0 Å². The van der Waals surface area contributed by atoms with Gasteiger partial charge in [0.25, 0.3) is 0 Å². The minimum absolute atomic E-state index is 0.357. The molecule has 0 atom stereocenters. The van der Waals surface area contributed by atoms with Crippen molar-refractivity contribution in [2.75, 3.05) is 13.1 Å². The summed E-state index contributed by atoms with van der Waals surface area (Å²) in [4.78, 5) is 0.357. The zero-order chi connectivity index (χ0) is 21.4. The van der Waals surface area contributed by atoms with Crippen LogP contribution in [0.5, 0.6) is 0 Å². The molecule has 160 valence electrons. The molecule has 0 radical (unpaired) electrons. The highest BCUT2D eigenvalue weighted by atomic mass is 32.2. The second-order valence-electron chi connectivity index (χ2n) is 9.22. The van der Waals surface area contributed by atoms with E-state index in [1.807, 2.05) is 19.1 Å². The molecular formula is C22H34BNO4S. The predicted molar refractivity (Wildman–Crippen MR) is 117 cm³/mol. The number of allylic oxidation sites excluding steroid dienone is 1. The highest BCUT2D eigenvalue weighted by Crippen LogP contribution is 2.41. The van der Waals surface area contributed by atoms with Gasteiger partial charge in [0.15, 0.2) is 0 Å². The Kier molecular flexibility index (Phi) is 6.36. The Balaban J connectivity index is 1.87. The maximum absolute atomic E-state index is 13.1. The van der Waals surface area contributed by atoms with Crippen LogP contribution in [-0.4, -0.2) is 44.1 Å². The Bertz CT molecular complexity index is 859. The number of hydrogen-bond acceptors (Lipinski definition) is 4. The van der Waals surface area contributed by atoms with E-state index in [2.05, 4.69) is 34.6 Å². The molecule has 3 rings (SSSR count). The first-order valence-electron chi connectivity index (χ1n) is 10.6.